The van der Waals surface area contributed by atoms with Gasteiger partial charge in [0.25, 0.3) is 0 Å². The Bertz CT molecular complexity index is 244. The first-order chi connectivity index (χ1) is 5.86. The van der Waals surface area contributed by atoms with E-state index in [0.29, 0.717) is 0 Å². The zero-order valence-corrected chi connectivity index (χ0v) is 7.29. The van der Waals surface area contributed by atoms with Crippen LogP contribution in [0.3, 0.4) is 0 Å². The minimum Gasteiger partial charge on any atom is -0.399 e. The first kappa shape index (κ1) is 7.66. The van der Waals surface area contributed by atoms with E-state index < -0.39 is 0 Å². The molecule has 0 atom stereocenters. The van der Waals surface area contributed by atoms with Crippen LogP contribution in [-0.2, 0) is 0 Å². The van der Waals surface area contributed by atoms with Gasteiger partial charge in [-0.15, -0.1) is 0 Å². The van der Waals surface area contributed by atoms with Crippen LogP contribution in [0.1, 0.15) is 37.2 Å². The molecular formula is C11H15N. The van der Waals surface area contributed by atoms with Crippen molar-refractivity contribution in [3.63, 3.8) is 0 Å². The molecule has 0 aromatic heterocycles. The maximum atomic E-state index is 5.63. The molecule has 1 heteroatoms. The normalized spacial score (nSPS) is 18.3. The summed E-state index contributed by atoms with van der Waals surface area (Å²) in [6.45, 7) is 0. The van der Waals surface area contributed by atoms with Crippen LogP contribution in [0.4, 0.5) is 5.69 Å². The lowest BCUT2D eigenvalue weighted by molar-refractivity contribution is 0.723. The minimum atomic E-state index is 0.811. The molecule has 64 valence electrons. The molecular weight excluding hydrogens is 146 g/mol. The van der Waals surface area contributed by atoms with Crippen LogP contribution in [0.25, 0.3) is 0 Å². The summed E-state index contributed by atoms with van der Waals surface area (Å²) in [6, 6.07) is 8.36. The van der Waals surface area contributed by atoms with E-state index in [0.717, 1.165) is 11.6 Å². The first-order valence-corrected chi connectivity index (χ1v) is 4.72. The van der Waals surface area contributed by atoms with E-state index in [2.05, 4.69) is 12.1 Å². The van der Waals surface area contributed by atoms with E-state index in [1.807, 2.05) is 12.1 Å². The summed E-state index contributed by atoms with van der Waals surface area (Å²) in [6.07, 6.45) is 5.53. The van der Waals surface area contributed by atoms with E-state index in [9.17, 15) is 0 Å². The van der Waals surface area contributed by atoms with Gasteiger partial charge in [0.1, 0.15) is 0 Å². The van der Waals surface area contributed by atoms with Crippen LogP contribution in [-0.4, -0.2) is 0 Å². The quantitative estimate of drug-likeness (QED) is 0.630. The van der Waals surface area contributed by atoms with Crippen LogP contribution in [0.2, 0.25) is 0 Å². The van der Waals surface area contributed by atoms with Gasteiger partial charge in [0.05, 0.1) is 0 Å². The van der Waals surface area contributed by atoms with Crippen LogP contribution in [0, 0.1) is 0 Å². The number of anilines is 1. The van der Waals surface area contributed by atoms with Crippen molar-refractivity contribution in [3.05, 3.63) is 29.8 Å². The molecule has 0 bridgehead atoms. The third-order valence-corrected chi connectivity index (χ3v) is 2.76. The number of nitrogens with two attached hydrogens (primary N) is 1. The summed E-state index contributed by atoms with van der Waals surface area (Å²) in [7, 11) is 0. The molecule has 1 aromatic carbocycles. The van der Waals surface area contributed by atoms with E-state index in [4.69, 9.17) is 5.73 Å². The van der Waals surface area contributed by atoms with E-state index in [1.165, 1.54) is 31.2 Å². The standard InChI is InChI=1S/C11H15N/c12-11-7-5-10(6-8-11)9-3-1-2-4-9/h5-9H,1-4,12H2. The molecule has 1 aromatic rings. The van der Waals surface area contributed by atoms with Crippen LogP contribution >= 0.6 is 0 Å². The highest BCUT2D eigenvalue weighted by Gasteiger charge is 2.16. The minimum absolute atomic E-state index is 0.811. The maximum Gasteiger partial charge on any atom is 0.0314 e. The highest BCUT2D eigenvalue weighted by molar-refractivity contribution is 5.40. The van der Waals surface area contributed by atoms with Crippen molar-refractivity contribution in [1.82, 2.24) is 0 Å². The average molecular weight is 161 g/mol. The van der Waals surface area contributed by atoms with Gasteiger partial charge in [-0.05, 0) is 36.5 Å². The number of nitrogen functional groups attached to an aromatic ring is 1. The summed E-state index contributed by atoms with van der Waals surface area (Å²) >= 11 is 0. The summed E-state index contributed by atoms with van der Waals surface area (Å²) < 4.78 is 0. The van der Waals surface area contributed by atoms with Gasteiger partial charge in [0.15, 0.2) is 0 Å². The van der Waals surface area contributed by atoms with Crippen molar-refractivity contribution in [2.45, 2.75) is 31.6 Å². The topological polar surface area (TPSA) is 26.0 Å². The van der Waals surface area contributed by atoms with Crippen molar-refractivity contribution < 1.29 is 0 Å². The monoisotopic (exact) mass is 161 g/mol. The van der Waals surface area contributed by atoms with Crippen LogP contribution < -0.4 is 5.73 Å². The molecule has 1 nitrogen and oxygen atoms in total. The Hall–Kier alpha value is -0.980. The molecule has 1 aliphatic rings. The predicted molar refractivity (Wildman–Crippen MR) is 52.1 cm³/mol. The van der Waals surface area contributed by atoms with Crippen LogP contribution in [0.5, 0.6) is 0 Å². The number of rotatable bonds is 1. The smallest absolute Gasteiger partial charge is 0.0314 e. The van der Waals surface area contributed by atoms with Gasteiger partial charge in [-0.25, -0.2) is 0 Å². The largest absolute Gasteiger partial charge is 0.399 e. The Kier molecular flexibility index (Phi) is 2.03. The highest BCUT2D eigenvalue weighted by atomic mass is 14.5. The Labute approximate surface area is 73.6 Å². The maximum absolute atomic E-state index is 5.63. The van der Waals surface area contributed by atoms with E-state index >= 15 is 0 Å². The molecule has 12 heavy (non-hydrogen) atoms. The van der Waals surface area contributed by atoms with Crippen molar-refractivity contribution in [2.24, 2.45) is 0 Å². The van der Waals surface area contributed by atoms with Gasteiger partial charge in [-0.2, -0.15) is 0 Å². The van der Waals surface area contributed by atoms with Crippen LogP contribution in [0.15, 0.2) is 24.3 Å². The molecule has 1 fully saturated rings. The second kappa shape index (κ2) is 3.18. The highest BCUT2D eigenvalue weighted by Crippen LogP contribution is 2.33. The Morgan fingerprint density at radius 3 is 2.17 bits per heavy atom. The summed E-state index contributed by atoms with van der Waals surface area (Å²) in [5.41, 5.74) is 7.97. The van der Waals surface area contributed by atoms with Crippen molar-refractivity contribution in [2.75, 3.05) is 5.73 Å². The molecule has 0 unspecified atom stereocenters. The van der Waals surface area contributed by atoms with Gasteiger partial charge in [-0.3, -0.25) is 0 Å². The predicted octanol–water partition coefficient (Wildman–Crippen LogP) is 2.93. The first-order valence-electron chi connectivity index (χ1n) is 4.72. The zero-order chi connectivity index (χ0) is 8.39. The number of benzene rings is 1. The third kappa shape index (κ3) is 1.45. The Morgan fingerprint density at radius 2 is 1.58 bits per heavy atom. The number of hydrogen-bond donors (Lipinski definition) is 1. The molecule has 2 rings (SSSR count). The Balaban J connectivity index is 2.17. The van der Waals surface area contributed by atoms with E-state index in [1.54, 1.807) is 0 Å². The third-order valence-electron chi connectivity index (χ3n) is 2.76. The molecule has 2 N–H and O–H groups in total. The van der Waals surface area contributed by atoms with Gasteiger partial charge in [0.2, 0.25) is 0 Å². The summed E-state index contributed by atoms with van der Waals surface area (Å²) in [5.74, 6) is 0.811. The molecule has 1 aliphatic carbocycles. The fraction of sp³-hybridized carbons (Fsp3) is 0.455. The summed E-state index contributed by atoms with van der Waals surface area (Å²) in [5, 5.41) is 0. The lowest BCUT2D eigenvalue weighted by atomic mass is 9.98. The average Bonchev–Trinajstić information content (AvgIpc) is 2.58. The molecule has 1 saturated carbocycles. The SMILES string of the molecule is Nc1ccc(C2CCCC2)cc1. The molecule has 0 heterocycles. The Morgan fingerprint density at radius 1 is 1.00 bits per heavy atom. The fourth-order valence-electron chi connectivity index (χ4n) is 2.03. The lowest BCUT2D eigenvalue weighted by Gasteiger charge is -2.08. The zero-order valence-electron chi connectivity index (χ0n) is 7.29. The second-order valence-corrected chi connectivity index (χ2v) is 3.65. The molecule has 0 saturated heterocycles. The molecule has 0 radical (unpaired) electrons. The number of hydrogen-bond acceptors (Lipinski definition) is 1. The summed E-state index contributed by atoms with van der Waals surface area (Å²) in [4.78, 5) is 0. The fourth-order valence-corrected chi connectivity index (χ4v) is 2.03. The van der Waals surface area contributed by atoms with Gasteiger partial charge in [0, 0.05) is 5.69 Å². The molecule has 0 aliphatic heterocycles. The van der Waals surface area contributed by atoms with Crippen molar-refractivity contribution >= 4 is 5.69 Å². The lowest BCUT2D eigenvalue weighted by Crippen LogP contribution is -1.92. The van der Waals surface area contributed by atoms with Gasteiger partial charge in [-0.1, -0.05) is 25.0 Å². The second-order valence-electron chi connectivity index (χ2n) is 3.65. The van der Waals surface area contributed by atoms with E-state index in [-0.39, 0.29) is 0 Å². The molecule has 0 spiro atoms. The molecule has 0 amide bonds. The van der Waals surface area contributed by atoms with Gasteiger partial charge >= 0.3 is 0 Å². The van der Waals surface area contributed by atoms with Gasteiger partial charge < -0.3 is 5.73 Å². The van der Waals surface area contributed by atoms with Crippen molar-refractivity contribution in [3.8, 4) is 0 Å². The van der Waals surface area contributed by atoms with Crippen molar-refractivity contribution in [1.29, 1.82) is 0 Å².